The van der Waals surface area contributed by atoms with E-state index in [4.69, 9.17) is 16.3 Å². The molecule has 0 N–H and O–H groups in total. The molecule has 0 aromatic heterocycles. The molecule has 0 aliphatic carbocycles. The predicted molar refractivity (Wildman–Crippen MR) is 54.8 cm³/mol. The summed E-state index contributed by atoms with van der Waals surface area (Å²) in [7, 11) is 0. The molecule has 1 aliphatic rings. The molecule has 1 aromatic carbocycles. The maximum atomic E-state index is 11.1. The molecule has 1 aliphatic heterocycles. The molecule has 0 saturated heterocycles. The summed E-state index contributed by atoms with van der Waals surface area (Å²) in [5.41, 5.74) is 0.881. The van der Waals surface area contributed by atoms with Crippen molar-refractivity contribution in [3.05, 3.63) is 42.0 Å². The normalized spacial score (nSPS) is 21.4. The van der Waals surface area contributed by atoms with Gasteiger partial charge < -0.3 is 4.74 Å². The fraction of sp³-hybridized carbons (Fsp3) is 0.182. The fourth-order valence-electron chi connectivity index (χ4n) is 1.34. The topological polar surface area (TPSA) is 26.3 Å². The number of halogens is 1. The van der Waals surface area contributed by atoms with Gasteiger partial charge in [0.15, 0.2) is 0 Å². The van der Waals surface area contributed by atoms with Crippen LogP contribution in [0.3, 0.4) is 0 Å². The van der Waals surface area contributed by atoms with E-state index in [9.17, 15) is 4.79 Å². The summed E-state index contributed by atoms with van der Waals surface area (Å²) in [6.45, 7) is 0. The van der Waals surface area contributed by atoms with Gasteiger partial charge >= 0.3 is 5.97 Å². The van der Waals surface area contributed by atoms with Gasteiger partial charge in [-0.15, -0.1) is 11.6 Å². The fourth-order valence-corrected chi connectivity index (χ4v) is 1.58. The first kappa shape index (κ1) is 9.28. The van der Waals surface area contributed by atoms with Crippen molar-refractivity contribution in [3.8, 4) is 0 Å². The molecule has 1 aromatic rings. The summed E-state index contributed by atoms with van der Waals surface area (Å²) >= 11 is 5.88. The average Bonchev–Trinajstić information content (AvgIpc) is 2.18. The Morgan fingerprint density at radius 1 is 1.29 bits per heavy atom. The molecule has 1 unspecified atom stereocenters. The zero-order chi connectivity index (χ0) is 9.97. The number of hydrogen-bond acceptors (Lipinski definition) is 2. The van der Waals surface area contributed by atoms with Crippen LogP contribution in [0.2, 0.25) is 0 Å². The molecule has 0 spiro atoms. The maximum absolute atomic E-state index is 11.1. The first-order valence-electron chi connectivity index (χ1n) is 4.38. The number of allylic oxidation sites excluding steroid dienone is 1. The quantitative estimate of drug-likeness (QED) is 0.524. The molecule has 0 fully saturated rings. The molecule has 2 rings (SSSR count). The summed E-state index contributed by atoms with van der Waals surface area (Å²) in [5, 5.41) is -0.258. The summed E-state index contributed by atoms with van der Waals surface area (Å²) in [6.07, 6.45) is 2.01. The Hall–Kier alpha value is -1.28. The van der Waals surface area contributed by atoms with Crippen LogP contribution < -0.4 is 0 Å². The van der Waals surface area contributed by atoms with Crippen molar-refractivity contribution in [2.24, 2.45) is 0 Å². The van der Waals surface area contributed by atoms with Crippen molar-refractivity contribution in [3.63, 3.8) is 0 Å². The van der Waals surface area contributed by atoms with Crippen molar-refractivity contribution in [1.82, 2.24) is 0 Å². The molecule has 0 saturated carbocycles. The molecular weight excluding hydrogens is 200 g/mol. The number of ether oxygens (including phenoxy) is 1. The minimum atomic E-state index is -0.272. The molecule has 1 heterocycles. The lowest BCUT2D eigenvalue weighted by Gasteiger charge is -2.16. The highest BCUT2D eigenvalue weighted by atomic mass is 35.5. The average molecular weight is 209 g/mol. The van der Waals surface area contributed by atoms with Gasteiger partial charge in [0.2, 0.25) is 0 Å². The lowest BCUT2D eigenvalue weighted by molar-refractivity contribution is -0.137. The number of carbonyl (C=O) groups excluding carboxylic acids is 1. The largest absolute Gasteiger partial charge is 0.426 e. The van der Waals surface area contributed by atoms with Crippen LogP contribution >= 0.6 is 11.6 Å². The van der Waals surface area contributed by atoms with Crippen molar-refractivity contribution >= 4 is 23.3 Å². The highest BCUT2D eigenvalue weighted by Gasteiger charge is 2.20. The molecular formula is C11H9ClO2. The van der Waals surface area contributed by atoms with E-state index in [0.29, 0.717) is 5.76 Å². The van der Waals surface area contributed by atoms with Gasteiger partial charge in [-0.3, -0.25) is 4.79 Å². The van der Waals surface area contributed by atoms with Crippen LogP contribution in [0.5, 0.6) is 0 Å². The van der Waals surface area contributed by atoms with Gasteiger partial charge in [0.05, 0.1) is 11.8 Å². The maximum Gasteiger partial charge on any atom is 0.313 e. The second-order valence-electron chi connectivity index (χ2n) is 3.09. The highest BCUT2D eigenvalue weighted by Crippen LogP contribution is 2.24. The van der Waals surface area contributed by atoms with Gasteiger partial charge in [0.25, 0.3) is 0 Å². The van der Waals surface area contributed by atoms with Gasteiger partial charge in [0.1, 0.15) is 5.76 Å². The van der Waals surface area contributed by atoms with Gasteiger partial charge in [-0.05, 0) is 6.08 Å². The second-order valence-corrected chi connectivity index (χ2v) is 3.65. The van der Waals surface area contributed by atoms with Gasteiger partial charge in [-0.2, -0.15) is 0 Å². The molecule has 3 heteroatoms. The Morgan fingerprint density at radius 3 is 2.64 bits per heavy atom. The molecule has 0 bridgehead atoms. The zero-order valence-corrected chi connectivity index (χ0v) is 8.20. The number of esters is 1. The van der Waals surface area contributed by atoms with Gasteiger partial charge in [-0.25, -0.2) is 0 Å². The first-order chi connectivity index (χ1) is 6.75. The Kier molecular flexibility index (Phi) is 2.55. The highest BCUT2D eigenvalue weighted by molar-refractivity contribution is 6.23. The number of cyclic esters (lactones) is 1. The molecule has 0 amide bonds. The Bertz CT molecular complexity index is 370. The SMILES string of the molecule is O=C1CC(Cl)C=C(c2ccccc2)O1. The Morgan fingerprint density at radius 2 is 2.00 bits per heavy atom. The summed E-state index contributed by atoms with van der Waals surface area (Å²) in [4.78, 5) is 11.1. The van der Waals surface area contributed by atoms with Crippen LogP contribution in [0, 0.1) is 0 Å². The summed E-state index contributed by atoms with van der Waals surface area (Å²) in [5.74, 6) is 0.285. The number of hydrogen-bond donors (Lipinski definition) is 0. The van der Waals surface area contributed by atoms with Crippen LogP contribution in [0.25, 0.3) is 5.76 Å². The molecule has 0 radical (unpaired) electrons. The van der Waals surface area contributed by atoms with Crippen LogP contribution in [0.4, 0.5) is 0 Å². The second kappa shape index (κ2) is 3.84. The lowest BCUT2D eigenvalue weighted by atomic mass is 10.1. The van der Waals surface area contributed by atoms with E-state index in [2.05, 4.69) is 0 Å². The minimum absolute atomic E-state index is 0.248. The van der Waals surface area contributed by atoms with Crippen LogP contribution in [0.15, 0.2) is 36.4 Å². The van der Waals surface area contributed by atoms with E-state index in [1.54, 1.807) is 6.08 Å². The predicted octanol–water partition coefficient (Wildman–Crippen LogP) is 2.58. The van der Waals surface area contributed by atoms with Gasteiger partial charge in [0, 0.05) is 5.56 Å². The molecule has 1 atom stereocenters. The Labute approximate surface area is 87.1 Å². The standard InChI is InChI=1S/C11H9ClO2/c12-9-6-10(14-11(13)7-9)8-4-2-1-3-5-8/h1-6,9H,7H2. The van der Waals surface area contributed by atoms with Crippen LogP contribution in [0.1, 0.15) is 12.0 Å². The van der Waals surface area contributed by atoms with Crippen molar-refractivity contribution in [2.45, 2.75) is 11.8 Å². The zero-order valence-electron chi connectivity index (χ0n) is 7.44. The molecule has 14 heavy (non-hydrogen) atoms. The van der Waals surface area contributed by atoms with Crippen molar-refractivity contribution in [2.75, 3.05) is 0 Å². The third kappa shape index (κ3) is 1.96. The van der Waals surface area contributed by atoms with E-state index in [0.717, 1.165) is 5.56 Å². The van der Waals surface area contributed by atoms with Crippen molar-refractivity contribution in [1.29, 1.82) is 0 Å². The smallest absolute Gasteiger partial charge is 0.313 e. The third-order valence-electron chi connectivity index (χ3n) is 1.98. The number of rotatable bonds is 1. The van der Waals surface area contributed by atoms with E-state index < -0.39 is 0 Å². The summed E-state index contributed by atoms with van der Waals surface area (Å²) < 4.78 is 5.08. The van der Waals surface area contributed by atoms with E-state index in [-0.39, 0.29) is 17.8 Å². The summed E-state index contributed by atoms with van der Waals surface area (Å²) in [6, 6.07) is 9.46. The lowest BCUT2D eigenvalue weighted by Crippen LogP contribution is -2.15. The monoisotopic (exact) mass is 208 g/mol. The first-order valence-corrected chi connectivity index (χ1v) is 4.81. The van der Waals surface area contributed by atoms with Crippen molar-refractivity contribution < 1.29 is 9.53 Å². The van der Waals surface area contributed by atoms with Gasteiger partial charge in [-0.1, -0.05) is 30.3 Å². The van der Waals surface area contributed by atoms with E-state index in [1.165, 1.54) is 0 Å². The number of benzene rings is 1. The number of carbonyl (C=O) groups is 1. The third-order valence-corrected chi connectivity index (χ3v) is 2.26. The minimum Gasteiger partial charge on any atom is -0.426 e. The van der Waals surface area contributed by atoms with E-state index >= 15 is 0 Å². The Balaban J connectivity index is 2.31. The van der Waals surface area contributed by atoms with Crippen LogP contribution in [-0.4, -0.2) is 11.3 Å². The number of alkyl halides is 1. The van der Waals surface area contributed by atoms with E-state index in [1.807, 2.05) is 30.3 Å². The van der Waals surface area contributed by atoms with Crippen LogP contribution in [-0.2, 0) is 9.53 Å². The molecule has 72 valence electrons. The molecule has 2 nitrogen and oxygen atoms in total.